The third kappa shape index (κ3) is 3.65. The molecule has 0 N–H and O–H groups in total. The van der Waals surface area contributed by atoms with Gasteiger partial charge in [-0.3, -0.25) is 9.36 Å². The van der Waals surface area contributed by atoms with E-state index in [0.717, 1.165) is 17.7 Å². The van der Waals surface area contributed by atoms with E-state index in [1.807, 2.05) is 19.1 Å². The molecule has 1 aromatic carbocycles. The van der Waals surface area contributed by atoms with Crippen molar-refractivity contribution in [2.75, 3.05) is 0 Å². The van der Waals surface area contributed by atoms with Crippen LogP contribution in [0, 0.1) is 18.3 Å². The molecule has 0 amide bonds. The average Bonchev–Trinajstić information content (AvgIpc) is 2.94. The normalized spacial score (nSPS) is 12.1. The number of rotatable bonds is 5. The predicted octanol–water partition coefficient (Wildman–Crippen LogP) is 3.70. The van der Waals surface area contributed by atoms with Crippen molar-refractivity contribution in [2.45, 2.75) is 39.5 Å². The van der Waals surface area contributed by atoms with Gasteiger partial charge in [-0.2, -0.15) is 0 Å². The number of benzene rings is 1. The Bertz CT molecular complexity index is 674. The van der Waals surface area contributed by atoms with Crippen LogP contribution in [0.3, 0.4) is 0 Å². The second-order valence-electron chi connectivity index (χ2n) is 6.04. The quantitative estimate of drug-likeness (QED) is 0.788. The fourth-order valence-electron chi connectivity index (χ4n) is 2.52. The number of carbonyl (C=O) groups is 1. The molecule has 3 heteroatoms. The summed E-state index contributed by atoms with van der Waals surface area (Å²) in [6.07, 6.45) is 9.98. The molecule has 114 valence electrons. The van der Waals surface area contributed by atoms with Gasteiger partial charge in [0.1, 0.15) is 6.33 Å². The summed E-state index contributed by atoms with van der Waals surface area (Å²) >= 11 is 0. The number of imidazole rings is 1. The monoisotopic (exact) mass is 294 g/mol. The Kier molecular flexibility index (Phi) is 5.16. The van der Waals surface area contributed by atoms with Crippen LogP contribution in [0.4, 0.5) is 0 Å². The Labute approximate surface area is 132 Å². The molecule has 0 spiro atoms. The van der Waals surface area contributed by atoms with E-state index >= 15 is 0 Å². The highest BCUT2D eigenvalue weighted by Crippen LogP contribution is 2.20. The lowest BCUT2D eigenvalue weighted by Crippen LogP contribution is -2.19. The maximum atomic E-state index is 12.6. The molecule has 22 heavy (non-hydrogen) atoms. The summed E-state index contributed by atoms with van der Waals surface area (Å²) in [6, 6.07) is 8.29. The Morgan fingerprint density at radius 1 is 1.27 bits per heavy atom. The zero-order valence-corrected chi connectivity index (χ0v) is 13.4. The van der Waals surface area contributed by atoms with Crippen molar-refractivity contribution >= 4 is 5.91 Å². The molecule has 3 nitrogen and oxygen atoms in total. The van der Waals surface area contributed by atoms with Crippen molar-refractivity contribution in [3.63, 3.8) is 0 Å². The van der Waals surface area contributed by atoms with Crippen LogP contribution in [-0.2, 0) is 12.8 Å². The van der Waals surface area contributed by atoms with Crippen LogP contribution < -0.4 is 0 Å². The highest BCUT2D eigenvalue weighted by Gasteiger charge is 2.19. The molecule has 1 heterocycles. The number of carbonyl (C=O) groups excluding carboxylic acids is 1. The zero-order valence-electron chi connectivity index (χ0n) is 13.4. The molecule has 0 fully saturated rings. The molecule has 0 radical (unpaired) electrons. The Morgan fingerprint density at radius 2 is 1.95 bits per heavy atom. The van der Waals surface area contributed by atoms with Crippen molar-refractivity contribution in [1.82, 2.24) is 9.55 Å². The standard InChI is InChI=1S/C19H22N2O/c1-5-6-18-12-20-13-21(18)19(22)15(4)17-9-7-16(8-10-17)11-14(2)3/h1,7-10,12-15H,6,11H2,2-4H3. The van der Waals surface area contributed by atoms with Crippen LogP contribution in [0.1, 0.15) is 48.3 Å². The highest BCUT2D eigenvalue weighted by atomic mass is 16.2. The molecule has 2 rings (SSSR count). The van der Waals surface area contributed by atoms with Gasteiger partial charge in [0.15, 0.2) is 0 Å². The minimum atomic E-state index is -0.223. The van der Waals surface area contributed by atoms with Crippen LogP contribution in [0.25, 0.3) is 0 Å². The molecule has 0 saturated carbocycles. The van der Waals surface area contributed by atoms with Gasteiger partial charge in [0.25, 0.3) is 0 Å². The minimum absolute atomic E-state index is 0.000593. The summed E-state index contributed by atoms with van der Waals surface area (Å²) in [5.41, 5.74) is 3.07. The fraction of sp³-hybridized carbons (Fsp3) is 0.368. The van der Waals surface area contributed by atoms with E-state index in [4.69, 9.17) is 6.42 Å². The van der Waals surface area contributed by atoms with Gasteiger partial charge in [-0.25, -0.2) is 4.98 Å². The maximum Gasteiger partial charge on any atom is 0.239 e. The van der Waals surface area contributed by atoms with Gasteiger partial charge in [0.2, 0.25) is 5.91 Å². The van der Waals surface area contributed by atoms with Crippen LogP contribution in [0.5, 0.6) is 0 Å². The number of hydrogen-bond acceptors (Lipinski definition) is 2. The topological polar surface area (TPSA) is 34.9 Å². The number of nitrogens with zero attached hydrogens (tertiary/aromatic N) is 2. The summed E-state index contributed by atoms with van der Waals surface area (Å²) in [5.74, 6) is 2.96. The Balaban J connectivity index is 2.16. The van der Waals surface area contributed by atoms with Crippen molar-refractivity contribution in [3.8, 4) is 12.3 Å². The minimum Gasteiger partial charge on any atom is -0.273 e. The van der Waals surface area contributed by atoms with Crippen molar-refractivity contribution in [1.29, 1.82) is 0 Å². The second-order valence-corrected chi connectivity index (χ2v) is 6.04. The Hall–Kier alpha value is -2.34. The van der Waals surface area contributed by atoms with E-state index in [0.29, 0.717) is 12.3 Å². The van der Waals surface area contributed by atoms with E-state index in [1.54, 1.807) is 17.1 Å². The number of aromatic nitrogens is 2. The van der Waals surface area contributed by atoms with E-state index in [2.05, 4.69) is 36.9 Å². The molecule has 1 aromatic heterocycles. The lowest BCUT2D eigenvalue weighted by Gasteiger charge is -2.14. The third-order valence-corrected chi connectivity index (χ3v) is 3.73. The lowest BCUT2D eigenvalue weighted by molar-refractivity contribution is 0.0881. The zero-order chi connectivity index (χ0) is 16.1. The first kappa shape index (κ1) is 16.0. The SMILES string of the molecule is C#CCc1cncn1C(=O)C(C)c1ccc(CC(C)C)cc1. The first-order valence-electron chi connectivity index (χ1n) is 7.60. The summed E-state index contributed by atoms with van der Waals surface area (Å²) in [6.45, 7) is 6.32. The lowest BCUT2D eigenvalue weighted by atomic mass is 9.96. The van der Waals surface area contributed by atoms with Gasteiger partial charge in [-0.05, 0) is 30.4 Å². The maximum absolute atomic E-state index is 12.6. The number of terminal acetylenes is 1. The second kappa shape index (κ2) is 7.09. The van der Waals surface area contributed by atoms with Crippen LogP contribution in [-0.4, -0.2) is 15.5 Å². The van der Waals surface area contributed by atoms with Crippen molar-refractivity contribution in [2.24, 2.45) is 5.92 Å². The molecule has 0 saturated heterocycles. The first-order chi connectivity index (χ1) is 10.5. The highest BCUT2D eigenvalue weighted by molar-refractivity contribution is 5.86. The molecule has 1 atom stereocenters. The van der Waals surface area contributed by atoms with Gasteiger partial charge in [0.05, 0.1) is 18.0 Å². The fourth-order valence-corrected chi connectivity index (χ4v) is 2.52. The van der Waals surface area contributed by atoms with E-state index in [9.17, 15) is 4.79 Å². The molecule has 0 aliphatic heterocycles. The van der Waals surface area contributed by atoms with Crippen LogP contribution in [0.15, 0.2) is 36.8 Å². The third-order valence-electron chi connectivity index (χ3n) is 3.73. The molecular formula is C19H22N2O. The summed E-state index contributed by atoms with van der Waals surface area (Å²) in [4.78, 5) is 16.7. The van der Waals surface area contributed by atoms with Gasteiger partial charge < -0.3 is 0 Å². The molecule has 2 aromatic rings. The van der Waals surface area contributed by atoms with Crippen molar-refractivity contribution < 1.29 is 4.79 Å². The van der Waals surface area contributed by atoms with E-state index < -0.39 is 0 Å². The average molecular weight is 294 g/mol. The summed E-state index contributed by atoms with van der Waals surface area (Å²) in [7, 11) is 0. The smallest absolute Gasteiger partial charge is 0.239 e. The van der Waals surface area contributed by atoms with Crippen LogP contribution in [0.2, 0.25) is 0 Å². The van der Waals surface area contributed by atoms with E-state index in [1.165, 1.54) is 5.56 Å². The van der Waals surface area contributed by atoms with Gasteiger partial charge >= 0.3 is 0 Å². The van der Waals surface area contributed by atoms with Crippen LogP contribution >= 0.6 is 0 Å². The summed E-state index contributed by atoms with van der Waals surface area (Å²) in [5, 5.41) is 0. The van der Waals surface area contributed by atoms with Gasteiger partial charge in [-0.1, -0.05) is 38.1 Å². The van der Waals surface area contributed by atoms with Gasteiger partial charge in [-0.15, -0.1) is 12.3 Å². The Morgan fingerprint density at radius 3 is 2.55 bits per heavy atom. The predicted molar refractivity (Wildman–Crippen MR) is 88.8 cm³/mol. The summed E-state index contributed by atoms with van der Waals surface area (Å²) < 4.78 is 1.56. The van der Waals surface area contributed by atoms with Crippen molar-refractivity contribution in [3.05, 3.63) is 53.6 Å². The molecule has 0 aliphatic carbocycles. The molecular weight excluding hydrogens is 272 g/mol. The molecule has 0 bridgehead atoms. The number of hydrogen-bond donors (Lipinski definition) is 0. The largest absolute Gasteiger partial charge is 0.273 e. The molecule has 1 unspecified atom stereocenters. The molecule has 0 aliphatic rings. The van der Waals surface area contributed by atoms with E-state index in [-0.39, 0.29) is 11.8 Å². The first-order valence-corrected chi connectivity index (χ1v) is 7.60. The van der Waals surface area contributed by atoms with Gasteiger partial charge in [0, 0.05) is 6.20 Å².